The van der Waals surface area contributed by atoms with E-state index in [0.29, 0.717) is 0 Å². The van der Waals surface area contributed by atoms with Gasteiger partial charge in [0.2, 0.25) is 0 Å². The largest absolute Gasteiger partial charge is 0.330 e. The van der Waals surface area contributed by atoms with Crippen LogP contribution in [-0.4, -0.2) is 16.1 Å². The summed E-state index contributed by atoms with van der Waals surface area (Å²) in [5, 5.41) is 3.62. The first-order valence-corrected chi connectivity index (χ1v) is 7.06. The second-order valence-corrected chi connectivity index (χ2v) is 5.82. The molecule has 0 radical (unpaired) electrons. The third-order valence-electron chi connectivity index (χ3n) is 4.44. The zero-order valence-corrected chi connectivity index (χ0v) is 10.7. The number of nitrogens with one attached hydrogen (secondary N) is 1. The maximum absolute atomic E-state index is 4.27. The van der Waals surface area contributed by atoms with Crippen molar-refractivity contribution in [3.8, 4) is 0 Å². The van der Waals surface area contributed by atoms with Crippen LogP contribution in [0.1, 0.15) is 50.8 Å². The van der Waals surface area contributed by atoms with Crippen LogP contribution in [0.25, 0.3) is 0 Å². The van der Waals surface area contributed by atoms with Gasteiger partial charge in [-0.3, -0.25) is 0 Å². The van der Waals surface area contributed by atoms with Crippen molar-refractivity contribution >= 4 is 0 Å². The van der Waals surface area contributed by atoms with E-state index in [2.05, 4.69) is 21.8 Å². The van der Waals surface area contributed by atoms with E-state index in [1.807, 2.05) is 12.5 Å². The molecule has 94 valence electrons. The van der Waals surface area contributed by atoms with Crippen molar-refractivity contribution in [3.05, 3.63) is 18.2 Å². The second kappa shape index (κ2) is 4.81. The summed E-state index contributed by atoms with van der Waals surface area (Å²) in [6, 6.07) is 0.750. The van der Waals surface area contributed by atoms with Crippen molar-refractivity contribution in [2.75, 3.05) is 6.54 Å². The Morgan fingerprint density at radius 2 is 2.24 bits per heavy atom. The SMILES string of the molecule is CC1CCCC1CNCc1cncn1C1CC1. The number of rotatable bonds is 5. The number of nitrogens with zero attached hydrogens (tertiary/aromatic N) is 2. The highest BCUT2D eigenvalue weighted by molar-refractivity contribution is 5.03. The lowest BCUT2D eigenvalue weighted by Gasteiger charge is -2.16. The summed E-state index contributed by atoms with van der Waals surface area (Å²) in [6.07, 6.45) is 10.9. The van der Waals surface area contributed by atoms with E-state index in [1.165, 1.54) is 44.3 Å². The molecule has 0 saturated heterocycles. The minimum Gasteiger partial charge on any atom is -0.330 e. The van der Waals surface area contributed by atoms with Gasteiger partial charge in [-0.05, 0) is 37.6 Å². The minimum absolute atomic E-state index is 0.750. The lowest BCUT2D eigenvalue weighted by molar-refractivity contribution is 0.389. The molecular formula is C14H23N3. The second-order valence-electron chi connectivity index (χ2n) is 5.82. The van der Waals surface area contributed by atoms with E-state index in [9.17, 15) is 0 Å². The molecule has 1 aromatic rings. The van der Waals surface area contributed by atoms with Gasteiger partial charge in [0.1, 0.15) is 0 Å². The van der Waals surface area contributed by atoms with E-state index in [1.54, 1.807) is 0 Å². The number of hydrogen-bond acceptors (Lipinski definition) is 2. The lowest BCUT2D eigenvalue weighted by atomic mass is 9.98. The molecule has 17 heavy (non-hydrogen) atoms. The molecule has 2 saturated carbocycles. The van der Waals surface area contributed by atoms with E-state index >= 15 is 0 Å². The van der Waals surface area contributed by atoms with Crippen LogP contribution in [0.2, 0.25) is 0 Å². The topological polar surface area (TPSA) is 29.9 Å². The Morgan fingerprint density at radius 1 is 1.35 bits per heavy atom. The summed E-state index contributed by atoms with van der Waals surface area (Å²) in [4.78, 5) is 4.27. The molecule has 3 nitrogen and oxygen atoms in total. The van der Waals surface area contributed by atoms with Crippen molar-refractivity contribution in [2.45, 2.75) is 51.6 Å². The van der Waals surface area contributed by atoms with E-state index in [0.717, 1.165) is 24.4 Å². The van der Waals surface area contributed by atoms with Crippen LogP contribution < -0.4 is 5.32 Å². The smallest absolute Gasteiger partial charge is 0.0951 e. The third kappa shape index (κ3) is 2.54. The Balaban J connectivity index is 1.48. The predicted octanol–water partition coefficient (Wildman–Crippen LogP) is 2.74. The normalized spacial score (nSPS) is 28.8. The third-order valence-corrected chi connectivity index (χ3v) is 4.44. The van der Waals surface area contributed by atoms with Gasteiger partial charge in [-0.15, -0.1) is 0 Å². The molecule has 3 rings (SSSR count). The molecule has 3 heteroatoms. The minimum atomic E-state index is 0.750. The summed E-state index contributed by atoms with van der Waals surface area (Å²) in [6.45, 7) is 4.56. The van der Waals surface area contributed by atoms with E-state index < -0.39 is 0 Å². The monoisotopic (exact) mass is 233 g/mol. The van der Waals surface area contributed by atoms with Gasteiger partial charge in [-0.1, -0.05) is 19.8 Å². The molecule has 0 aromatic carbocycles. The predicted molar refractivity (Wildman–Crippen MR) is 68.7 cm³/mol. The molecule has 0 bridgehead atoms. The molecule has 2 fully saturated rings. The highest BCUT2D eigenvalue weighted by Gasteiger charge is 2.25. The maximum atomic E-state index is 4.27. The number of aromatic nitrogens is 2. The van der Waals surface area contributed by atoms with Crippen LogP contribution in [-0.2, 0) is 6.54 Å². The van der Waals surface area contributed by atoms with Gasteiger partial charge in [0.25, 0.3) is 0 Å². The summed E-state index contributed by atoms with van der Waals surface area (Å²) < 4.78 is 2.35. The van der Waals surface area contributed by atoms with Crippen LogP contribution in [0.4, 0.5) is 0 Å². The van der Waals surface area contributed by atoms with Crippen LogP contribution in [0.3, 0.4) is 0 Å². The Bertz CT molecular complexity index is 367. The van der Waals surface area contributed by atoms with Gasteiger partial charge in [-0.2, -0.15) is 0 Å². The van der Waals surface area contributed by atoms with Gasteiger partial charge < -0.3 is 9.88 Å². The molecule has 0 aliphatic heterocycles. The summed E-state index contributed by atoms with van der Waals surface area (Å²) in [5.41, 5.74) is 1.36. The average molecular weight is 233 g/mol. The fourth-order valence-electron chi connectivity index (χ4n) is 3.06. The van der Waals surface area contributed by atoms with Crippen molar-refractivity contribution < 1.29 is 0 Å². The fraction of sp³-hybridized carbons (Fsp3) is 0.786. The van der Waals surface area contributed by atoms with Gasteiger partial charge in [0, 0.05) is 18.8 Å². The Morgan fingerprint density at radius 3 is 2.94 bits per heavy atom. The first-order valence-electron chi connectivity index (χ1n) is 7.06. The molecule has 0 amide bonds. The molecule has 1 aromatic heterocycles. The van der Waals surface area contributed by atoms with Gasteiger partial charge in [-0.25, -0.2) is 4.98 Å². The average Bonchev–Trinajstić information content (AvgIpc) is 2.93. The van der Waals surface area contributed by atoms with Gasteiger partial charge >= 0.3 is 0 Å². The number of hydrogen-bond donors (Lipinski definition) is 1. The van der Waals surface area contributed by atoms with Crippen molar-refractivity contribution in [1.29, 1.82) is 0 Å². The molecular weight excluding hydrogens is 210 g/mol. The summed E-state index contributed by atoms with van der Waals surface area (Å²) >= 11 is 0. The molecule has 2 aliphatic carbocycles. The van der Waals surface area contributed by atoms with Gasteiger partial charge in [0.15, 0.2) is 0 Å². The zero-order valence-electron chi connectivity index (χ0n) is 10.7. The van der Waals surface area contributed by atoms with Crippen LogP contribution >= 0.6 is 0 Å². The molecule has 2 atom stereocenters. The quantitative estimate of drug-likeness (QED) is 0.847. The molecule has 1 heterocycles. The van der Waals surface area contributed by atoms with Crippen molar-refractivity contribution in [3.63, 3.8) is 0 Å². The summed E-state index contributed by atoms with van der Waals surface area (Å²) in [5.74, 6) is 1.81. The van der Waals surface area contributed by atoms with Crippen LogP contribution in [0.15, 0.2) is 12.5 Å². The molecule has 2 aliphatic rings. The van der Waals surface area contributed by atoms with Gasteiger partial charge in [0.05, 0.1) is 12.0 Å². The van der Waals surface area contributed by atoms with Crippen LogP contribution in [0, 0.1) is 11.8 Å². The first kappa shape index (κ1) is 11.3. The zero-order chi connectivity index (χ0) is 11.7. The Kier molecular flexibility index (Phi) is 3.19. The van der Waals surface area contributed by atoms with Crippen molar-refractivity contribution in [1.82, 2.24) is 14.9 Å². The maximum Gasteiger partial charge on any atom is 0.0951 e. The fourth-order valence-corrected chi connectivity index (χ4v) is 3.06. The highest BCUT2D eigenvalue weighted by Crippen LogP contribution is 2.35. The van der Waals surface area contributed by atoms with E-state index in [-0.39, 0.29) is 0 Å². The lowest BCUT2D eigenvalue weighted by Crippen LogP contribution is -2.24. The Hall–Kier alpha value is -0.830. The standard InChI is InChI=1S/C14H23N3/c1-11-3-2-4-12(11)7-15-8-14-9-16-10-17(14)13-5-6-13/h9-13,15H,2-8H2,1H3. The molecule has 1 N–H and O–H groups in total. The highest BCUT2D eigenvalue weighted by atomic mass is 15.1. The molecule has 0 spiro atoms. The molecule has 2 unspecified atom stereocenters. The summed E-state index contributed by atoms with van der Waals surface area (Å²) in [7, 11) is 0. The first-order chi connectivity index (χ1) is 8.34. The van der Waals surface area contributed by atoms with Crippen molar-refractivity contribution in [2.24, 2.45) is 11.8 Å². The Labute approximate surface area is 104 Å². The van der Waals surface area contributed by atoms with Crippen LogP contribution in [0.5, 0.6) is 0 Å². The number of imidazole rings is 1. The van der Waals surface area contributed by atoms with E-state index in [4.69, 9.17) is 0 Å².